The van der Waals surface area contributed by atoms with E-state index in [0.717, 1.165) is 49.4 Å². The van der Waals surface area contributed by atoms with Crippen LogP contribution in [0.5, 0.6) is 5.75 Å². The van der Waals surface area contributed by atoms with Crippen molar-refractivity contribution in [3.05, 3.63) is 71.6 Å². The molecule has 1 saturated heterocycles. The van der Waals surface area contributed by atoms with Gasteiger partial charge in [-0.2, -0.15) is 5.26 Å². The lowest BCUT2D eigenvalue weighted by atomic mass is 9.98. The maximum atomic E-state index is 14.7. The third-order valence-corrected chi connectivity index (χ3v) is 6.03. The summed E-state index contributed by atoms with van der Waals surface area (Å²) in [7, 11) is 0. The van der Waals surface area contributed by atoms with E-state index in [-0.39, 0.29) is 18.3 Å². The van der Waals surface area contributed by atoms with E-state index in [1.54, 1.807) is 24.3 Å². The van der Waals surface area contributed by atoms with Gasteiger partial charge in [0.15, 0.2) is 17.4 Å². The van der Waals surface area contributed by atoms with Crippen molar-refractivity contribution in [2.75, 3.05) is 24.6 Å². The molecule has 0 spiro atoms. The summed E-state index contributed by atoms with van der Waals surface area (Å²) < 4.78 is 34.9. The van der Waals surface area contributed by atoms with Crippen LogP contribution in [0.4, 0.5) is 14.7 Å². The summed E-state index contributed by atoms with van der Waals surface area (Å²) in [6.45, 7) is 3.90. The largest absolute Gasteiger partial charge is 0.487 e. The van der Waals surface area contributed by atoms with Crippen molar-refractivity contribution < 1.29 is 13.5 Å². The number of nitrogens with zero attached hydrogens (tertiary/aromatic N) is 4. The first-order valence-electron chi connectivity index (χ1n) is 11.2. The Morgan fingerprint density at radius 3 is 2.21 bits per heavy atom. The van der Waals surface area contributed by atoms with Crippen LogP contribution in [0.25, 0.3) is 11.1 Å². The molecule has 0 atom stereocenters. The number of nitriles is 1. The fourth-order valence-corrected chi connectivity index (χ4v) is 3.97. The zero-order valence-corrected chi connectivity index (χ0v) is 18.6. The van der Waals surface area contributed by atoms with Gasteiger partial charge in [0, 0.05) is 25.5 Å². The minimum absolute atomic E-state index is 0.210. The van der Waals surface area contributed by atoms with Gasteiger partial charge in [0.2, 0.25) is 5.95 Å². The van der Waals surface area contributed by atoms with E-state index in [1.165, 1.54) is 12.1 Å². The Kier molecular flexibility index (Phi) is 7.13. The molecule has 1 aromatic heterocycles. The number of ether oxygens (including phenoxy) is 1. The molecule has 0 bridgehead atoms. The first-order chi connectivity index (χ1) is 16.1. The first-order valence-corrected chi connectivity index (χ1v) is 11.2. The molecular weight excluding hydrogens is 422 g/mol. The maximum Gasteiger partial charge on any atom is 0.225 e. The van der Waals surface area contributed by atoms with Crippen LogP contribution < -0.4 is 9.64 Å². The highest BCUT2D eigenvalue weighted by molar-refractivity contribution is 5.65. The summed E-state index contributed by atoms with van der Waals surface area (Å²) in [5.74, 6) is -0.830. The number of aromatic nitrogens is 2. The summed E-state index contributed by atoms with van der Waals surface area (Å²) in [4.78, 5) is 11.0. The standard InChI is InChI=1S/C26H26F2N4O/c1-2-18-15-30-26(31-16-18)32-11-8-20(9-12-32)17-33-25-23(27)13-22(14-24(25)28)21-5-3-19(4-6-21)7-10-29/h3-6,13-16,20H,2,7-9,11-12,17H2,1H3. The molecule has 0 aliphatic carbocycles. The van der Waals surface area contributed by atoms with Crippen LogP contribution in [0.3, 0.4) is 0 Å². The number of benzene rings is 2. The number of anilines is 1. The summed E-state index contributed by atoms with van der Waals surface area (Å²) in [5.41, 5.74) is 3.08. The van der Waals surface area contributed by atoms with E-state index in [9.17, 15) is 8.78 Å². The molecule has 7 heteroatoms. The SMILES string of the molecule is CCc1cnc(N2CCC(COc3c(F)cc(-c4ccc(CC#N)cc4)cc3F)CC2)nc1. The Hall–Kier alpha value is -3.53. The van der Waals surface area contributed by atoms with Gasteiger partial charge in [0.25, 0.3) is 0 Å². The van der Waals surface area contributed by atoms with Crippen LogP contribution >= 0.6 is 0 Å². The van der Waals surface area contributed by atoms with Crippen molar-refractivity contribution in [1.29, 1.82) is 5.26 Å². The van der Waals surface area contributed by atoms with Crippen molar-refractivity contribution in [1.82, 2.24) is 9.97 Å². The number of halogens is 2. The predicted molar refractivity (Wildman–Crippen MR) is 123 cm³/mol. The van der Waals surface area contributed by atoms with Crippen molar-refractivity contribution in [2.24, 2.45) is 5.92 Å². The Bertz CT molecular complexity index is 1100. The van der Waals surface area contributed by atoms with Gasteiger partial charge in [0.1, 0.15) is 0 Å². The number of hydrogen-bond acceptors (Lipinski definition) is 5. The first kappa shape index (κ1) is 22.7. The van der Waals surface area contributed by atoms with Crippen LogP contribution in [-0.4, -0.2) is 29.7 Å². The number of hydrogen-bond donors (Lipinski definition) is 0. The van der Waals surface area contributed by atoms with Gasteiger partial charge in [-0.3, -0.25) is 0 Å². The third kappa shape index (κ3) is 5.46. The smallest absolute Gasteiger partial charge is 0.225 e. The Balaban J connectivity index is 1.34. The monoisotopic (exact) mass is 448 g/mol. The third-order valence-electron chi connectivity index (χ3n) is 6.03. The van der Waals surface area contributed by atoms with Crippen LogP contribution in [0.15, 0.2) is 48.8 Å². The highest BCUT2D eigenvalue weighted by Crippen LogP contribution is 2.30. The van der Waals surface area contributed by atoms with Crippen LogP contribution in [-0.2, 0) is 12.8 Å². The fraction of sp³-hybridized carbons (Fsp3) is 0.346. The van der Waals surface area contributed by atoms with Crippen LogP contribution in [0, 0.1) is 28.9 Å². The maximum absolute atomic E-state index is 14.7. The molecule has 4 rings (SSSR count). The second-order valence-corrected chi connectivity index (χ2v) is 8.29. The lowest BCUT2D eigenvalue weighted by Gasteiger charge is -2.31. The molecule has 33 heavy (non-hydrogen) atoms. The molecule has 3 aromatic rings. The molecule has 0 saturated carbocycles. The highest BCUT2D eigenvalue weighted by Gasteiger charge is 2.23. The average Bonchev–Trinajstić information content (AvgIpc) is 2.84. The second kappa shape index (κ2) is 10.4. The second-order valence-electron chi connectivity index (χ2n) is 8.29. The van der Waals surface area contributed by atoms with Gasteiger partial charge in [-0.25, -0.2) is 18.7 Å². The molecule has 5 nitrogen and oxygen atoms in total. The van der Waals surface area contributed by atoms with E-state index < -0.39 is 11.6 Å². The summed E-state index contributed by atoms with van der Waals surface area (Å²) in [6, 6.07) is 11.7. The van der Waals surface area contributed by atoms with Crippen molar-refractivity contribution in [3.63, 3.8) is 0 Å². The number of rotatable bonds is 7. The molecule has 0 N–H and O–H groups in total. The van der Waals surface area contributed by atoms with Gasteiger partial charge in [-0.05, 0) is 59.6 Å². The van der Waals surface area contributed by atoms with Gasteiger partial charge in [0.05, 0.1) is 19.1 Å². The van der Waals surface area contributed by atoms with E-state index in [2.05, 4.69) is 27.9 Å². The molecule has 0 amide bonds. The minimum Gasteiger partial charge on any atom is -0.487 e. The average molecular weight is 449 g/mol. The molecule has 1 aliphatic heterocycles. The number of piperidine rings is 1. The summed E-state index contributed by atoms with van der Waals surface area (Å²) in [5, 5.41) is 8.77. The summed E-state index contributed by atoms with van der Waals surface area (Å²) >= 11 is 0. The van der Waals surface area contributed by atoms with E-state index in [4.69, 9.17) is 10.00 Å². The molecule has 2 aromatic carbocycles. The zero-order chi connectivity index (χ0) is 23.2. The molecular formula is C26H26F2N4O. The Morgan fingerprint density at radius 1 is 1.00 bits per heavy atom. The molecule has 170 valence electrons. The fourth-order valence-electron chi connectivity index (χ4n) is 3.97. The van der Waals surface area contributed by atoms with E-state index in [1.807, 2.05) is 12.4 Å². The predicted octanol–water partition coefficient (Wildman–Crippen LogP) is 5.35. The van der Waals surface area contributed by atoms with Crippen molar-refractivity contribution in [3.8, 4) is 22.9 Å². The number of aryl methyl sites for hydroxylation is 1. The molecule has 1 fully saturated rings. The van der Waals surface area contributed by atoms with Gasteiger partial charge >= 0.3 is 0 Å². The lowest BCUT2D eigenvalue weighted by molar-refractivity contribution is 0.207. The van der Waals surface area contributed by atoms with Crippen molar-refractivity contribution >= 4 is 5.95 Å². The van der Waals surface area contributed by atoms with Crippen LogP contribution in [0.1, 0.15) is 30.9 Å². The molecule has 0 unspecified atom stereocenters. The quantitative estimate of drug-likeness (QED) is 0.488. The highest BCUT2D eigenvalue weighted by atomic mass is 19.1. The van der Waals surface area contributed by atoms with E-state index >= 15 is 0 Å². The normalized spacial score (nSPS) is 14.2. The van der Waals surface area contributed by atoms with Gasteiger partial charge in [-0.1, -0.05) is 31.2 Å². The van der Waals surface area contributed by atoms with Gasteiger partial charge < -0.3 is 9.64 Å². The topological polar surface area (TPSA) is 62.0 Å². The molecule has 0 radical (unpaired) electrons. The zero-order valence-electron chi connectivity index (χ0n) is 18.6. The van der Waals surface area contributed by atoms with Gasteiger partial charge in [-0.15, -0.1) is 0 Å². The van der Waals surface area contributed by atoms with Crippen LogP contribution in [0.2, 0.25) is 0 Å². The molecule has 2 heterocycles. The van der Waals surface area contributed by atoms with Crippen molar-refractivity contribution in [2.45, 2.75) is 32.6 Å². The Morgan fingerprint density at radius 2 is 1.64 bits per heavy atom. The molecule has 1 aliphatic rings. The lowest BCUT2D eigenvalue weighted by Crippen LogP contribution is -2.36. The Labute approximate surface area is 192 Å². The van der Waals surface area contributed by atoms with E-state index in [0.29, 0.717) is 17.5 Å². The summed E-state index contributed by atoms with van der Waals surface area (Å²) in [6.07, 6.45) is 6.60. The minimum atomic E-state index is -0.715.